The first-order valence-corrected chi connectivity index (χ1v) is 8.92. The van der Waals surface area contributed by atoms with Crippen LogP contribution in [0.3, 0.4) is 0 Å². The third kappa shape index (κ3) is 4.15. The molecule has 0 spiro atoms. The quantitative estimate of drug-likeness (QED) is 0.472. The monoisotopic (exact) mass is 449 g/mol. The van der Waals surface area contributed by atoms with E-state index in [1.807, 2.05) is 0 Å². The van der Waals surface area contributed by atoms with E-state index < -0.39 is 46.0 Å². The summed E-state index contributed by atoms with van der Waals surface area (Å²) in [7, 11) is 0. The number of carbonyl (C=O) groups is 1. The Morgan fingerprint density at radius 2 is 1.75 bits per heavy atom. The lowest BCUT2D eigenvalue weighted by Gasteiger charge is -2.16. The number of carboxylic acids is 1. The number of rotatable bonds is 5. The summed E-state index contributed by atoms with van der Waals surface area (Å²) in [5.41, 5.74) is -4.44. The summed E-state index contributed by atoms with van der Waals surface area (Å²) in [6.07, 6.45) is -3.89. The lowest BCUT2D eigenvalue weighted by Crippen LogP contribution is -2.42. The summed E-state index contributed by atoms with van der Waals surface area (Å²) in [5.74, 6) is -1.65. The van der Waals surface area contributed by atoms with Gasteiger partial charge in [-0.3, -0.25) is 24.0 Å². The number of non-ortho nitro benzene ring substituents is 1. The predicted octanol–water partition coefficient (Wildman–Crippen LogP) is 2.98. The predicted molar refractivity (Wildman–Crippen MR) is 105 cm³/mol. The van der Waals surface area contributed by atoms with E-state index in [2.05, 4.69) is 0 Å². The number of carboxylic acid groups (broad SMARTS) is 1. The molecule has 0 bridgehead atoms. The van der Waals surface area contributed by atoms with Crippen molar-refractivity contribution >= 4 is 11.7 Å². The summed E-state index contributed by atoms with van der Waals surface area (Å²) in [6, 6.07) is 7.77. The van der Waals surface area contributed by atoms with E-state index in [0.29, 0.717) is 4.57 Å². The molecular formula is C20H14F3N3O6. The Balaban J connectivity index is 2.21. The number of halogens is 3. The van der Waals surface area contributed by atoms with Crippen molar-refractivity contribution in [3.63, 3.8) is 0 Å². The average Bonchev–Trinajstić information content (AvgIpc) is 2.71. The van der Waals surface area contributed by atoms with Crippen molar-refractivity contribution in [2.75, 3.05) is 0 Å². The molecule has 0 aliphatic rings. The van der Waals surface area contributed by atoms with Gasteiger partial charge in [-0.1, -0.05) is 12.1 Å². The van der Waals surface area contributed by atoms with Crippen molar-refractivity contribution in [2.45, 2.75) is 19.6 Å². The zero-order chi connectivity index (χ0) is 23.8. The maximum atomic E-state index is 13.2. The lowest BCUT2D eigenvalue weighted by atomic mass is 10.0. The molecular weight excluding hydrogens is 435 g/mol. The van der Waals surface area contributed by atoms with Gasteiger partial charge in [0.05, 0.1) is 22.7 Å². The van der Waals surface area contributed by atoms with Crippen molar-refractivity contribution in [3.05, 3.63) is 102 Å². The number of hydrogen-bond acceptors (Lipinski definition) is 5. The van der Waals surface area contributed by atoms with Crippen molar-refractivity contribution in [1.82, 2.24) is 9.13 Å². The van der Waals surface area contributed by atoms with Gasteiger partial charge in [0.25, 0.3) is 11.2 Å². The van der Waals surface area contributed by atoms with Crippen molar-refractivity contribution in [1.29, 1.82) is 0 Å². The van der Waals surface area contributed by atoms with E-state index in [1.165, 1.54) is 25.1 Å². The molecule has 0 saturated carbocycles. The van der Waals surface area contributed by atoms with Gasteiger partial charge < -0.3 is 5.11 Å². The first-order valence-electron chi connectivity index (χ1n) is 8.92. The number of nitro benzene ring substituents is 1. The molecule has 3 rings (SSSR count). The maximum Gasteiger partial charge on any atom is 0.416 e. The van der Waals surface area contributed by atoms with Gasteiger partial charge >= 0.3 is 17.8 Å². The molecule has 0 aliphatic heterocycles. The molecule has 0 radical (unpaired) electrons. The number of alkyl halides is 3. The fourth-order valence-corrected chi connectivity index (χ4v) is 3.14. The van der Waals surface area contributed by atoms with Crippen LogP contribution in [-0.4, -0.2) is 25.1 Å². The highest BCUT2D eigenvalue weighted by atomic mass is 19.4. The highest BCUT2D eigenvalue weighted by Gasteiger charge is 2.33. The summed E-state index contributed by atoms with van der Waals surface area (Å²) >= 11 is 0. The second kappa shape index (κ2) is 8.13. The maximum absolute atomic E-state index is 13.2. The Bertz CT molecular complexity index is 1340. The van der Waals surface area contributed by atoms with E-state index in [0.717, 1.165) is 35.0 Å². The highest BCUT2D eigenvalue weighted by molar-refractivity contribution is 5.86. The van der Waals surface area contributed by atoms with Crippen LogP contribution in [0.4, 0.5) is 18.9 Å². The third-order valence-corrected chi connectivity index (χ3v) is 4.82. The van der Waals surface area contributed by atoms with Gasteiger partial charge in [0.2, 0.25) is 0 Å². The molecule has 0 aliphatic carbocycles. The Morgan fingerprint density at radius 3 is 2.28 bits per heavy atom. The van der Waals surface area contributed by atoms with E-state index >= 15 is 0 Å². The fraction of sp³-hybridized carbons (Fsp3) is 0.150. The van der Waals surface area contributed by atoms with Gasteiger partial charge in [0, 0.05) is 18.3 Å². The Labute approximate surface area is 176 Å². The molecule has 1 aromatic heterocycles. The topological polar surface area (TPSA) is 124 Å². The molecule has 12 heteroatoms. The zero-order valence-electron chi connectivity index (χ0n) is 16.3. The molecule has 1 N–H and O–H groups in total. The molecule has 0 amide bonds. The van der Waals surface area contributed by atoms with E-state index in [1.54, 1.807) is 0 Å². The molecule has 9 nitrogen and oxygen atoms in total. The van der Waals surface area contributed by atoms with E-state index in [-0.39, 0.29) is 22.5 Å². The van der Waals surface area contributed by atoms with Crippen LogP contribution >= 0.6 is 0 Å². The van der Waals surface area contributed by atoms with Gasteiger partial charge in [0.15, 0.2) is 0 Å². The standard InChI is InChI=1S/C20H14F3N3O6/c1-11-12(3-2-4-16(11)20(21,22)23)9-25-17(27)15(18(28)29)10-24(19(25)30)13-5-7-14(8-6-13)26(31)32/h2-8,10H,9H2,1H3,(H,28,29). The summed E-state index contributed by atoms with van der Waals surface area (Å²) < 4.78 is 40.9. The smallest absolute Gasteiger partial charge is 0.416 e. The van der Waals surface area contributed by atoms with Crippen LogP contribution in [0.15, 0.2) is 58.3 Å². The first kappa shape index (κ1) is 22.5. The van der Waals surface area contributed by atoms with Crippen LogP contribution in [0.1, 0.15) is 27.0 Å². The molecule has 0 saturated heterocycles. The number of nitrogens with zero attached hydrogens (tertiary/aromatic N) is 3. The van der Waals surface area contributed by atoms with Crippen molar-refractivity contribution < 1.29 is 28.0 Å². The number of aromatic carboxylic acids is 1. The summed E-state index contributed by atoms with van der Waals surface area (Å²) in [6.45, 7) is 0.570. The van der Waals surface area contributed by atoms with Gasteiger partial charge in [0.1, 0.15) is 5.56 Å². The van der Waals surface area contributed by atoms with Crippen LogP contribution in [0.25, 0.3) is 5.69 Å². The number of aromatic nitrogens is 2. The van der Waals surface area contributed by atoms with Crippen LogP contribution < -0.4 is 11.2 Å². The molecule has 0 atom stereocenters. The second-order valence-electron chi connectivity index (χ2n) is 6.75. The van der Waals surface area contributed by atoms with Gasteiger partial charge in [-0.15, -0.1) is 0 Å². The molecule has 166 valence electrons. The summed E-state index contributed by atoms with van der Waals surface area (Å²) in [4.78, 5) is 47.3. The van der Waals surface area contributed by atoms with Gasteiger partial charge in [-0.05, 0) is 36.2 Å². The fourth-order valence-electron chi connectivity index (χ4n) is 3.14. The molecule has 32 heavy (non-hydrogen) atoms. The summed E-state index contributed by atoms with van der Waals surface area (Å²) in [5, 5.41) is 20.2. The zero-order valence-corrected chi connectivity index (χ0v) is 16.3. The second-order valence-corrected chi connectivity index (χ2v) is 6.75. The minimum Gasteiger partial charge on any atom is -0.477 e. The lowest BCUT2D eigenvalue weighted by molar-refractivity contribution is -0.384. The SMILES string of the molecule is Cc1c(Cn2c(=O)c(C(=O)O)cn(-c3ccc([N+](=O)[O-])cc3)c2=O)cccc1C(F)(F)F. The van der Waals surface area contributed by atoms with E-state index in [9.17, 15) is 42.8 Å². The Morgan fingerprint density at radius 1 is 1.12 bits per heavy atom. The van der Waals surface area contributed by atoms with Crippen LogP contribution in [0, 0.1) is 17.0 Å². The Kier molecular flexibility index (Phi) is 5.71. The molecule has 2 aromatic carbocycles. The van der Waals surface area contributed by atoms with Crippen LogP contribution in [-0.2, 0) is 12.7 Å². The highest BCUT2D eigenvalue weighted by Crippen LogP contribution is 2.33. The van der Waals surface area contributed by atoms with Gasteiger partial charge in [-0.2, -0.15) is 13.2 Å². The normalized spacial score (nSPS) is 11.4. The largest absolute Gasteiger partial charge is 0.477 e. The van der Waals surface area contributed by atoms with Crippen molar-refractivity contribution in [2.24, 2.45) is 0 Å². The molecule has 0 unspecified atom stereocenters. The van der Waals surface area contributed by atoms with Crippen molar-refractivity contribution in [3.8, 4) is 5.69 Å². The Hall–Kier alpha value is -4.22. The van der Waals surface area contributed by atoms with Crippen LogP contribution in [0.2, 0.25) is 0 Å². The number of nitro groups is 1. The molecule has 0 fully saturated rings. The minimum absolute atomic E-state index is 0.00295. The number of benzene rings is 2. The first-order chi connectivity index (χ1) is 14.9. The average molecular weight is 449 g/mol. The minimum atomic E-state index is -4.66. The van der Waals surface area contributed by atoms with Gasteiger partial charge in [-0.25, -0.2) is 9.59 Å². The van der Waals surface area contributed by atoms with Crippen LogP contribution in [0.5, 0.6) is 0 Å². The van der Waals surface area contributed by atoms with E-state index in [4.69, 9.17) is 0 Å². The third-order valence-electron chi connectivity index (χ3n) is 4.82. The molecule has 3 aromatic rings. The number of hydrogen-bond donors (Lipinski definition) is 1. The molecule has 1 heterocycles.